The maximum atomic E-state index is 12.6. The van der Waals surface area contributed by atoms with Crippen LogP contribution < -0.4 is 5.16 Å². The molecule has 0 amide bonds. The number of rotatable bonds is 10. The van der Waals surface area contributed by atoms with Crippen LogP contribution in [-0.4, -0.2) is 32.2 Å². The Hall–Kier alpha value is -1.71. The van der Waals surface area contributed by atoms with Gasteiger partial charge in [-0.15, -0.1) is 0 Å². The number of fused-ring (bicyclic) bond motifs is 3. The molecule has 3 atom stereocenters. The normalized spacial score (nSPS) is 17.5. The average Bonchev–Trinajstić information content (AvgIpc) is 3.55. The van der Waals surface area contributed by atoms with E-state index >= 15 is 0 Å². The zero-order chi connectivity index (χ0) is 19.3. The van der Waals surface area contributed by atoms with Gasteiger partial charge in [0, 0.05) is 12.2 Å². The molecule has 0 radical (unpaired) electrons. The maximum absolute atomic E-state index is 12.6. The first-order valence-corrected chi connectivity index (χ1v) is 11.2. The van der Waals surface area contributed by atoms with E-state index < -0.39 is 0 Å². The van der Waals surface area contributed by atoms with Gasteiger partial charge in [-0.25, -0.2) is 0 Å². The third kappa shape index (κ3) is 4.64. The molecule has 4 rings (SSSR count). The van der Waals surface area contributed by atoms with Crippen molar-refractivity contribution >= 4 is 29.7 Å². The van der Waals surface area contributed by atoms with Crippen LogP contribution in [0.2, 0.25) is 0 Å². The molecule has 1 saturated heterocycles. The Bertz CT molecular complexity index is 993. The molecule has 0 aliphatic carbocycles. The molecular formula is C23H27O4P. The van der Waals surface area contributed by atoms with Gasteiger partial charge in [-0.05, 0) is 53.0 Å². The van der Waals surface area contributed by atoms with Crippen LogP contribution in [-0.2, 0) is 20.6 Å². The molecule has 148 valence electrons. The summed E-state index contributed by atoms with van der Waals surface area (Å²) in [6, 6.07) is 12.6. The third-order valence-corrected chi connectivity index (χ3v) is 6.16. The fraction of sp³-hybridized carbons (Fsp3) is 0.435. The quantitative estimate of drug-likeness (QED) is 0.278. The largest absolute Gasteiger partial charge is 0.371 e. The minimum absolute atomic E-state index is 0.214. The first kappa shape index (κ1) is 19.6. The Morgan fingerprint density at radius 1 is 1.14 bits per heavy atom. The summed E-state index contributed by atoms with van der Waals surface area (Å²) in [6.45, 7) is 4.16. The van der Waals surface area contributed by atoms with Gasteiger partial charge in [0.15, 0.2) is 11.5 Å². The van der Waals surface area contributed by atoms with Crippen LogP contribution in [0.5, 0.6) is 0 Å². The minimum atomic E-state index is -0.214. The molecule has 0 saturated carbocycles. The van der Waals surface area contributed by atoms with Crippen molar-refractivity contribution in [2.45, 2.75) is 45.0 Å². The Morgan fingerprint density at radius 3 is 2.82 bits per heavy atom. The minimum Gasteiger partial charge on any atom is -0.371 e. The molecule has 1 aliphatic rings. The lowest BCUT2D eigenvalue weighted by Crippen LogP contribution is -2.21. The van der Waals surface area contributed by atoms with Gasteiger partial charge in [0.1, 0.15) is 6.10 Å². The van der Waals surface area contributed by atoms with Crippen molar-refractivity contribution in [2.24, 2.45) is 0 Å². The number of hydrogen-bond donors (Lipinski definition) is 0. The van der Waals surface area contributed by atoms with Crippen LogP contribution >= 0.6 is 8.19 Å². The van der Waals surface area contributed by atoms with E-state index in [0.717, 1.165) is 43.2 Å². The molecule has 1 aliphatic heterocycles. The smallest absolute Gasteiger partial charge is 0.197 e. The lowest BCUT2D eigenvalue weighted by atomic mass is 9.99. The fourth-order valence-corrected chi connectivity index (χ4v) is 4.62. The maximum Gasteiger partial charge on any atom is 0.197 e. The van der Waals surface area contributed by atoms with Gasteiger partial charge in [0.05, 0.1) is 13.2 Å². The van der Waals surface area contributed by atoms with E-state index in [1.165, 1.54) is 16.2 Å². The summed E-state index contributed by atoms with van der Waals surface area (Å²) in [7, 11) is 0.217. The van der Waals surface area contributed by atoms with Crippen LogP contribution in [0.4, 0.5) is 0 Å². The first-order valence-electron chi connectivity index (χ1n) is 10.1. The van der Waals surface area contributed by atoms with Crippen LogP contribution in [0.1, 0.15) is 31.7 Å². The van der Waals surface area contributed by atoms with Gasteiger partial charge in [-0.2, -0.15) is 0 Å². The second-order valence-corrected chi connectivity index (χ2v) is 8.36. The number of ether oxygens (including phenoxy) is 3. The van der Waals surface area contributed by atoms with Crippen LogP contribution in [0.15, 0.2) is 47.0 Å². The van der Waals surface area contributed by atoms with Gasteiger partial charge in [-0.3, -0.25) is 4.79 Å². The number of epoxide rings is 1. The molecule has 5 heteroatoms. The molecule has 3 aromatic rings. The van der Waals surface area contributed by atoms with Crippen molar-refractivity contribution in [1.29, 1.82) is 0 Å². The topological polar surface area (TPSA) is 48.1 Å². The fourth-order valence-electron chi connectivity index (χ4n) is 3.60. The van der Waals surface area contributed by atoms with Gasteiger partial charge in [0.2, 0.25) is 0 Å². The standard InChI is InChI=1S/C23H27O4P/c1-2-12-25-22(27-14-17-13-26-17)9-5-8-20-19-11-10-16-6-3-4-7-18(16)21(19)15-28-23(20)24/h3-4,6-7,10-11,15,17,22,28H,2,5,8-9,12-14H2,1H3. The highest BCUT2D eigenvalue weighted by molar-refractivity contribution is 7.28. The Kier molecular flexibility index (Phi) is 6.43. The Morgan fingerprint density at radius 2 is 2.00 bits per heavy atom. The van der Waals surface area contributed by atoms with Gasteiger partial charge >= 0.3 is 0 Å². The number of aryl methyl sites for hydroxylation is 1. The molecule has 1 aromatic heterocycles. The Balaban J connectivity index is 1.49. The summed E-state index contributed by atoms with van der Waals surface area (Å²) < 4.78 is 16.9. The van der Waals surface area contributed by atoms with Crippen LogP contribution in [0.3, 0.4) is 0 Å². The van der Waals surface area contributed by atoms with Crippen molar-refractivity contribution in [2.75, 3.05) is 19.8 Å². The van der Waals surface area contributed by atoms with E-state index in [2.05, 4.69) is 49.1 Å². The summed E-state index contributed by atoms with van der Waals surface area (Å²) in [4.78, 5) is 12.6. The molecule has 2 heterocycles. The second kappa shape index (κ2) is 9.19. The molecule has 28 heavy (non-hydrogen) atoms. The monoisotopic (exact) mass is 398 g/mol. The predicted octanol–water partition coefficient (Wildman–Crippen LogP) is 4.88. The van der Waals surface area contributed by atoms with E-state index in [1.807, 2.05) is 0 Å². The lowest BCUT2D eigenvalue weighted by molar-refractivity contribution is -0.148. The van der Waals surface area contributed by atoms with Gasteiger partial charge < -0.3 is 14.2 Å². The third-order valence-electron chi connectivity index (χ3n) is 5.16. The predicted molar refractivity (Wildman–Crippen MR) is 116 cm³/mol. The lowest BCUT2D eigenvalue weighted by Gasteiger charge is -2.18. The summed E-state index contributed by atoms with van der Waals surface area (Å²) in [6.07, 6.45) is 3.41. The van der Waals surface area contributed by atoms with Crippen molar-refractivity contribution in [3.63, 3.8) is 0 Å². The molecule has 0 spiro atoms. The summed E-state index contributed by atoms with van der Waals surface area (Å²) >= 11 is 0. The van der Waals surface area contributed by atoms with Gasteiger partial charge in [0.25, 0.3) is 0 Å². The zero-order valence-electron chi connectivity index (χ0n) is 16.3. The molecule has 1 fully saturated rings. The van der Waals surface area contributed by atoms with Gasteiger partial charge in [-0.1, -0.05) is 51.5 Å². The van der Waals surface area contributed by atoms with Crippen LogP contribution in [0.25, 0.3) is 21.5 Å². The van der Waals surface area contributed by atoms with Crippen molar-refractivity contribution in [3.8, 4) is 0 Å². The van der Waals surface area contributed by atoms with Crippen molar-refractivity contribution in [1.82, 2.24) is 0 Å². The Labute approximate surface area is 166 Å². The van der Waals surface area contributed by atoms with Crippen molar-refractivity contribution in [3.05, 3.63) is 57.7 Å². The molecular weight excluding hydrogens is 371 g/mol. The van der Waals surface area contributed by atoms with E-state index in [-0.39, 0.29) is 25.7 Å². The second-order valence-electron chi connectivity index (χ2n) is 7.33. The van der Waals surface area contributed by atoms with E-state index in [1.54, 1.807) is 0 Å². The number of benzene rings is 2. The van der Waals surface area contributed by atoms with E-state index in [0.29, 0.717) is 13.2 Å². The molecule has 0 bridgehead atoms. The van der Waals surface area contributed by atoms with E-state index in [9.17, 15) is 4.79 Å². The zero-order valence-corrected chi connectivity index (χ0v) is 17.3. The first-order chi connectivity index (χ1) is 13.8. The number of hydrogen-bond acceptors (Lipinski definition) is 4. The molecule has 2 aromatic carbocycles. The summed E-state index contributed by atoms with van der Waals surface area (Å²) in [5, 5.41) is 5.03. The summed E-state index contributed by atoms with van der Waals surface area (Å²) in [5.41, 5.74) is 0.960. The summed E-state index contributed by atoms with van der Waals surface area (Å²) in [5.74, 6) is 2.11. The SMILES string of the molecule is CCCOC(CCCc1c(=O)[pH]cc2c1ccc1ccccc12)OCC1CO1. The van der Waals surface area contributed by atoms with E-state index in [4.69, 9.17) is 14.2 Å². The molecule has 3 unspecified atom stereocenters. The molecule has 0 N–H and O–H groups in total. The highest BCUT2D eigenvalue weighted by Gasteiger charge is 2.24. The average molecular weight is 398 g/mol. The highest BCUT2D eigenvalue weighted by Crippen LogP contribution is 2.29. The molecule has 4 nitrogen and oxygen atoms in total. The van der Waals surface area contributed by atoms with Crippen LogP contribution in [0, 0.1) is 0 Å². The van der Waals surface area contributed by atoms with Crippen molar-refractivity contribution < 1.29 is 14.2 Å². The highest BCUT2D eigenvalue weighted by atomic mass is 31.0.